The van der Waals surface area contributed by atoms with E-state index in [0.29, 0.717) is 82.2 Å². The van der Waals surface area contributed by atoms with E-state index >= 15 is 4.79 Å². The third-order valence-electron chi connectivity index (χ3n) is 12.7. The minimum absolute atomic E-state index is 0.0376. The number of ether oxygens (including phenoxy) is 2. The molecular formula is C47H52Cl4N10O3. The molecule has 0 bridgehead atoms. The van der Waals surface area contributed by atoms with Crippen molar-refractivity contribution < 1.29 is 14.3 Å². The molecule has 8 rings (SSSR count). The topological polar surface area (TPSA) is 110 Å². The quantitative estimate of drug-likeness (QED) is 0.105. The summed E-state index contributed by atoms with van der Waals surface area (Å²) in [5, 5.41) is 12.3. The van der Waals surface area contributed by atoms with Gasteiger partial charge in [-0.3, -0.25) is 33.9 Å². The van der Waals surface area contributed by atoms with E-state index < -0.39 is 12.1 Å². The highest BCUT2D eigenvalue weighted by molar-refractivity contribution is 6.34. The van der Waals surface area contributed by atoms with Crippen molar-refractivity contribution in [1.29, 1.82) is 0 Å². The lowest BCUT2D eigenvalue weighted by molar-refractivity contribution is -0.133. The Hall–Kier alpha value is -4.89. The summed E-state index contributed by atoms with van der Waals surface area (Å²) >= 11 is 27.0. The van der Waals surface area contributed by atoms with Crippen LogP contribution in [0.1, 0.15) is 25.2 Å². The van der Waals surface area contributed by atoms with Crippen LogP contribution in [-0.4, -0.2) is 123 Å². The molecule has 336 valence electrons. The number of carbonyl (C=O) groups excluding carboxylic acids is 1. The molecule has 2 saturated heterocycles. The first kappa shape index (κ1) is 45.7. The Kier molecular flexibility index (Phi) is 14.1. The van der Waals surface area contributed by atoms with E-state index in [1.54, 1.807) is 39.0 Å². The third-order valence-corrected chi connectivity index (χ3v) is 14.2. The number of nitrogens with zero attached hydrogens (tertiary/aromatic N) is 10. The Bertz CT molecular complexity index is 2420. The molecule has 6 heterocycles. The lowest BCUT2D eigenvalue weighted by Gasteiger charge is -2.48. The van der Waals surface area contributed by atoms with Gasteiger partial charge in [-0.05, 0) is 76.2 Å². The van der Waals surface area contributed by atoms with Crippen LogP contribution in [-0.2, 0) is 17.9 Å². The molecule has 2 aliphatic rings. The van der Waals surface area contributed by atoms with Gasteiger partial charge in [-0.2, -0.15) is 10.2 Å². The predicted molar refractivity (Wildman–Crippen MR) is 256 cm³/mol. The zero-order valence-electron chi connectivity index (χ0n) is 36.8. The molecular weight excluding hydrogens is 894 g/mol. The number of halogens is 4. The van der Waals surface area contributed by atoms with Gasteiger partial charge < -0.3 is 19.3 Å². The van der Waals surface area contributed by atoms with Crippen LogP contribution in [0.15, 0.2) is 85.5 Å². The van der Waals surface area contributed by atoms with Crippen LogP contribution >= 0.6 is 46.4 Å². The Labute approximate surface area is 394 Å². The van der Waals surface area contributed by atoms with Crippen LogP contribution in [0.25, 0.3) is 22.5 Å². The SMILES string of the molecule is COc1cc(N2CCN(C(Cn3nc(-c4ccncc4)c(Cl)c3C)C(=O)C(Cn3nc(-c4ccncc4)c(Cl)c3C)N3CCN(c4ccc(Cl)c(OC)c4)C[C@@H]3C)[C@@H](C)C2)ccc1Cl. The van der Waals surface area contributed by atoms with Crippen molar-refractivity contribution >= 4 is 63.6 Å². The van der Waals surface area contributed by atoms with Crippen LogP contribution < -0.4 is 19.3 Å². The molecule has 17 heteroatoms. The van der Waals surface area contributed by atoms with E-state index in [2.05, 4.69) is 43.4 Å². The lowest BCUT2D eigenvalue weighted by atomic mass is 9.96. The maximum absolute atomic E-state index is 16.1. The monoisotopic (exact) mass is 944 g/mol. The van der Waals surface area contributed by atoms with Crippen molar-refractivity contribution in [2.75, 3.05) is 63.3 Å². The van der Waals surface area contributed by atoms with Gasteiger partial charge in [-0.25, -0.2) is 0 Å². The van der Waals surface area contributed by atoms with E-state index in [4.69, 9.17) is 66.1 Å². The van der Waals surface area contributed by atoms with Gasteiger partial charge in [-0.15, -0.1) is 0 Å². The number of benzene rings is 2. The molecule has 2 aromatic carbocycles. The van der Waals surface area contributed by atoms with E-state index in [-0.39, 0.29) is 31.0 Å². The van der Waals surface area contributed by atoms with Crippen molar-refractivity contribution in [3.63, 3.8) is 0 Å². The number of piperazine rings is 2. The smallest absolute Gasteiger partial charge is 0.170 e. The molecule has 0 radical (unpaired) electrons. The van der Waals surface area contributed by atoms with Gasteiger partial charge in [0, 0.05) is 111 Å². The number of carbonyl (C=O) groups is 1. The second kappa shape index (κ2) is 19.7. The fraction of sp³-hybridized carbons (Fsp3) is 0.383. The van der Waals surface area contributed by atoms with Crippen LogP contribution in [0.5, 0.6) is 11.5 Å². The Morgan fingerprint density at radius 1 is 0.625 bits per heavy atom. The number of rotatable bonds is 14. The molecule has 0 N–H and O–H groups in total. The van der Waals surface area contributed by atoms with Gasteiger partial charge in [0.15, 0.2) is 5.78 Å². The van der Waals surface area contributed by atoms with Crippen LogP contribution in [0.4, 0.5) is 11.4 Å². The molecule has 0 saturated carbocycles. The number of hydrogen-bond acceptors (Lipinski definition) is 11. The molecule has 2 unspecified atom stereocenters. The summed E-state index contributed by atoms with van der Waals surface area (Å²) < 4.78 is 14.9. The Morgan fingerprint density at radius 2 is 1.02 bits per heavy atom. The first-order chi connectivity index (χ1) is 30.9. The van der Waals surface area contributed by atoms with Crippen LogP contribution in [0.3, 0.4) is 0 Å². The molecule has 4 atom stereocenters. The summed E-state index contributed by atoms with van der Waals surface area (Å²) in [5.41, 5.74) is 6.56. The molecule has 0 amide bonds. The van der Waals surface area contributed by atoms with Gasteiger partial charge in [0.05, 0.1) is 70.9 Å². The molecule has 4 aromatic heterocycles. The fourth-order valence-corrected chi connectivity index (χ4v) is 9.97. The molecule has 6 aromatic rings. The molecule has 0 spiro atoms. The van der Waals surface area contributed by atoms with E-state index in [1.807, 2.05) is 83.9 Å². The predicted octanol–water partition coefficient (Wildman–Crippen LogP) is 8.88. The first-order valence-corrected chi connectivity index (χ1v) is 22.9. The maximum Gasteiger partial charge on any atom is 0.170 e. The number of Topliss-reactive ketones (excluding diaryl/α,β-unsaturated/α-hetero) is 1. The van der Waals surface area contributed by atoms with Crippen LogP contribution in [0.2, 0.25) is 20.1 Å². The van der Waals surface area contributed by atoms with Gasteiger partial charge >= 0.3 is 0 Å². The van der Waals surface area contributed by atoms with Crippen molar-refractivity contribution in [2.45, 2.75) is 65.0 Å². The molecule has 64 heavy (non-hydrogen) atoms. The number of ketones is 1. The van der Waals surface area contributed by atoms with Crippen molar-refractivity contribution in [1.82, 2.24) is 39.3 Å². The Morgan fingerprint density at radius 3 is 1.38 bits per heavy atom. The van der Waals surface area contributed by atoms with Gasteiger partial charge in [0.1, 0.15) is 22.9 Å². The van der Waals surface area contributed by atoms with E-state index in [9.17, 15) is 0 Å². The standard InChI is InChI=1S/C47H52Cl4N10O3/c1-29-25-56(35-7-9-37(48)41(23-35)63-5)19-21-58(29)39(27-60-31(3)43(50)45(54-60)33-11-15-52-16-12-33)47(62)40(28-61-32(4)44(51)46(55-61)34-13-17-53-18-14-34)59-22-20-57(26-30(59)2)36-8-10-38(49)42(24-36)64-6/h7-18,23-24,29-30,39-40H,19-22,25-28H2,1-6H3/t29-,30-,39?,40?/m0/s1. The largest absolute Gasteiger partial charge is 0.495 e. The van der Waals surface area contributed by atoms with Gasteiger partial charge in [-0.1, -0.05) is 46.4 Å². The van der Waals surface area contributed by atoms with Gasteiger partial charge in [0.2, 0.25) is 0 Å². The average Bonchev–Trinajstić information content (AvgIpc) is 3.76. The van der Waals surface area contributed by atoms with Gasteiger partial charge in [0.25, 0.3) is 0 Å². The molecule has 2 aliphatic heterocycles. The van der Waals surface area contributed by atoms with E-state index in [1.165, 1.54) is 0 Å². The normalized spacial score (nSPS) is 18.3. The number of anilines is 2. The van der Waals surface area contributed by atoms with Crippen molar-refractivity contribution in [2.24, 2.45) is 0 Å². The zero-order chi connectivity index (χ0) is 45.2. The highest BCUT2D eigenvalue weighted by atomic mass is 35.5. The summed E-state index contributed by atoms with van der Waals surface area (Å²) in [6, 6.07) is 18.0. The summed E-state index contributed by atoms with van der Waals surface area (Å²) in [6.45, 7) is 12.8. The second-order valence-corrected chi connectivity index (χ2v) is 18.0. The van der Waals surface area contributed by atoms with Crippen LogP contribution in [0, 0.1) is 13.8 Å². The number of methoxy groups -OCH3 is 2. The molecule has 0 aliphatic carbocycles. The summed E-state index contributed by atoms with van der Waals surface area (Å²) in [7, 11) is 3.24. The highest BCUT2D eigenvalue weighted by Crippen LogP contribution is 2.36. The summed E-state index contributed by atoms with van der Waals surface area (Å²) in [5.74, 6) is 1.30. The molecule has 13 nitrogen and oxygen atoms in total. The number of hydrogen-bond donors (Lipinski definition) is 0. The number of aromatic nitrogens is 6. The minimum atomic E-state index is -0.598. The second-order valence-electron chi connectivity index (χ2n) is 16.5. The molecule has 2 fully saturated rings. The zero-order valence-corrected chi connectivity index (χ0v) is 39.8. The van der Waals surface area contributed by atoms with Crippen molar-refractivity contribution in [3.8, 4) is 34.0 Å². The maximum atomic E-state index is 16.1. The fourth-order valence-electron chi connectivity index (χ4n) is 9.09. The highest BCUT2D eigenvalue weighted by Gasteiger charge is 2.42. The summed E-state index contributed by atoms with van der Waals surface area (Å²) in [6.07, 6.45) is 6.90. The van der Waals surface area contributed by atoms with Crippen molar-refractivity contribution in [3.05, 3.63) is 117 Å². The average molecular weight is 947 g/mol. The first-order valence-electron chi connectivity index (χ1n) is 21.4. The van der Waals surface area contributed by atoms with E-state index in [0.717, 1.165) is 33.9 Å². The third kappa shape index (κ3) is 9.29. The number of pyridine rings is 2. The summed E-state index contributed by atoms with van der Waals surface area (Å²) in [4.78, 5) is 33.8. The Balaban J connectivity index is 1.18. The minimum Gasteiger partial charge on any atom is -0.495 e. The lowest BCUT2D eigenvalue weighted by Crippen LogP contribution is -2.64.